The van der Waals surface area contributed by atoms with Gasteiger partial charge in [0.05, 0.1) is 22.8 Å². The smallest absolute Gasteiger partial charge is 0.229 e. The Hall–Kier alpha value is -1.26. The number of halogens is 2. The number of hydrogen-bond donors (Lipinski definition) is 1. The van der Waals surface area contributed by atoms with Gasteiger partial charge in [0.15, 0.2) is 0 Å². The van der Waals surface area contributed by atoms with Gasteiger partial charge in [-0.2, -0.15) is 0 Å². The number of imidazole rings is 1. The van der Waals surface area contributed by atoms with Crippen molar-refractivity contribution in [2.24, 2.45) is 5.41 Å². The standard InChI is InChI=1S/C15H17Cl2N3O/c1-14(9-15(14,16)17)13(21)18-7-4-8-20-10-19-11-5-2-3-6-12(11)20/h2-3,5-6,10H,4,7-9H2,1H3,(H,18,21). The summed E-state index contributed by atoms with van der Waals surface area (Å²) in [5.74, 6) is -0.0667. The summed E-state index contributed by atoms with van der Waals surface area (Å²) in [5, 5.41) is 2.91. The lowest BCUT2D eigenvalue weighted by molar-refractivity contribution is -0.125. The van der Waals surface area contributed by atoms with Crippen molar-refractivity contribution >= 4 is 40.1 Å². The number of aromatic nitrogens is 2. The Bertz CT molecular complexity index is 682. The third kappa shape index (κ3) is 2.62. The molecule has 1 N–H and O–H groups in total. The molecule has 0 radical (unpaired) electrons. The second-order valence-corrected chi connectivity index (χ2v) is 7.23. The van der Waals surface area contributed by atoms with Crippen LogP contribution in [-0.4, -0.2) is 26.3 Å². The number of benzene rings is 1. The Labute approximate surface area is 133 Å². The molecule has 112 valence electrons. The Morgan fingerprint density at radius 2 is 2.14 bits per heavy atom. The van der Waals surface area contributed by atoms with Crippen LogP contribution in [0.2, 0.25) is 0 Å². The normalized spacial score (nSPS) is 23.2. The van der Waals surface area contributed by atoms with Crippen molar-refractivity contribution in [2.75, 3.05) is 6.54 Å². The number of nitrogens with zero attached hydrogens (tertiary/aromatic N) is 2. The molecule has 0 spiro atoms. The van der Waals surface area contributed by atoms with E-state index in [4.69, 9.17) is 23.2 Å². The molecule has 0 bridgehead atoms. The summed E-state index contributed by atoms with van der Waals surface area (Å²) in [5.41, 5.74) is 1.46. The molecule has 2 aromatic rings. The van der Waals surface area contributed by atoms with E-state index in [0.717, 1.165) is 24.0 Å². The van der Waals surface area contributed by atoms with Gasteiger partial charge in [-0.05, 0) is 31.9 Å². The number of hydrogen-bond acceptors (Lipinski definition) is 2. The fourth-order valence-corrected chi connectivity index (χ4v) is 3.19. The third-order valence-corrected chi connectivity index (χ3v) is 5.25. The van der Waals surface area contributed by atoms with E-state index in [9.17, 15) is 4.79 Å². The van der Waals surface area contributed by atoms with Gasteiger partial charge in [-0.3, -0.25) is 4.79 Å². The van der Waals surface area contributed by atoms with Crippen LogP contribution in [0.25, 0.3) is 11.0 Å². The van der Waals surface area contributed by atoms with Crippen LogP contribution in [0.4, 0.5) is 0 Å². The van der Waals surface area contributed by atoms with Crippen molar-refractivity contribution in [1.29, 1.82) is 0 Å². The van der Waals surface area contributed by atoms with Crippen LogP contribution in [0, 0.1) is 5.41 Å². The van der Waals surface area contributed by atoms with E-state index in [1.54, 1.807) is 6.92 Å². The SMILES string of the molecule is CC1(C(=O)NCCCn2cnc3ccccc32)CC1(Cl)Cl. The first-order valence-electron chi connectivity index (χ1n) is 7.00. The highest BCUT2D eigenvalue weighted by Crippen LogP contribution is 2.63. The van der Waals surface area contributed by atoms with Crippen molar-refractivity contribution in [3.05, 3.63) is 30.6 Å². The third-order valence-electron chi connectivity index (χ3n) is 4.15. The van der Waals surface area contributed by atoms with Gasteiger partial charge in [0.25, 0.3) is 0 Å². The molecule has 1 amide bonds. The molecule has 0 aliphatic heterocycles. The van der Waals surface area contributed by atoms with E-state index in [1.165, 1.54) is 0 Å². The molecular formula is C15H17Cl2N3O. The van der Waals surface area contributed by atoms with Crippen molar-refractivity contribution in [1.82, 2.24) is 14.9 Å². The summed E-state index contributed by atoms with van der Waals surface area (Å²) in [7, 11) is 0. The van der Waals surface area contributed by atoms with Crippen molar-refractivity contribution < 1.29 is 4.79 Å². The van der Waals surface area contributed by atoms with E-state index < -0.39 is 9.75 Å². The molecule has 3 rings (SSSR count). The van der Waals surface area contributed by atoms with Crippen LogP contribution in [0.5, 0.6) is 0 Å². The molecular weight excluding hydrogens is 309 g/mol. The number of fused-ring (bicyclic) bond motifs is 1. The Balaban J connectivity index is 1.50. The predicted octanol–water partition coefficient (Wildman–Crippen LogP) is 3.13. The maximum absolute atomic E-state index is 12.0. The highest BCUT2D eigenvalue weighted by atomic mass is 35.5. The highest BCUT2D eigenvalue weighted by molar-refractivity contribution is 6.53. The molecule has 6 heteroatoms. The highest BCUT2D eigenvalue weighted by Gasteiger charge is 2.67. The van der Waals surface area contributed by atoms with Gasteiger partial charge < -0.3 is 9.88 Å². The molecule has 1 unspecified atom stereocenters. The van der Waals surface area contributed by atoms with Crippen molar-refractivity contribution in [3.63, 3.8) is 0 Å². The Morgan fingerprint density at radius 3 is 2.86 bits per heavy atom. The summed E-state index contributed by atoms with van der Waals surface area (Å²) in [4.78, 5) is 16.4. The molecule has 1 atom stereocenters. The molecule has 21 heavy (non-hydrogen) atoms. The molecule has 0 saturated heterocycles. The predicted molar refractivity (Wildman–Crippen MR) is 84.5 cm³/mol. The van der Waals surface area contributed by atoms with E-state index in [0.29, 0.717) is 13.0 Å². The van der Waals surface area contributed by atoms with E-state index >= 15 is 0 Å². The lowest BCUT2D eigenvalue weighted by Crippen LogP contribution is -2.34. The maximum Gasteiger partial charge on any atom is 0.229 e. The fourth-order valence-electron chi connectivity index (χ4n) is 2.48. The first-order valence-corrected chi connectivity index (χ1v) is 7.76. The lowest BCUT2D eigenvalue weighted by Gasteiger charge is -2.12. The molecule has 1 aromatic heterocycles. The molecule has 1 aliphatic rings. The molecule has 1 aromatic carbocycles. The van der Waals surface area contributed by atoms with Gasteiger partial charge in [0.1, 0.15) is 4.33 Å². The molecule has 4 nitrogen and oxygen atoms in total. The molecule has 1 saturated carbocycles. The second-order valence-electron chi connectivity index (χ2n) is 5.75. The van der Waals surface area contributed by atoms with E-state index in [2.05, 4.69) is 14.9 Å². The summed E-state index contributed by atoms with van der Waals surface area (Å²) in [6.45, 7) is 3.21. The van der Waals surface area contributed by atoms with E-state index in [-0.39, 0.29) is 5.91 Å². The zero-order valence-corrected chi connectivity index (χ0v) is 13.3. The number of rotatable bonds is 5. The van der Waals surface area contributed by atoms with Crippen LogP contribution in [0.3, 0.4) is 0 Å². The van der Waals surface area contributed by atoms with Gasteiger partial charge in [-0.1, -0.05) is 12.1 Å². The summed E-state index contributed by atoms with van der Waals surface area (Å²) >= 11 is 12.0. The van der Waals surface area contributed by atoms with Crippen LogP contribution in [0.1, 0.15) is 19.8 Å². The van der Waals surface area contributed by atoms with Gasteiger partial charge in [0, 0.05) is 13.1 Å². The van der Waals surface area contributed by atoms with Crippen molar-refractivity contribution in [2.45, 2.75) is 30.6 Å². The monoisotopic (exact) mass is 325 g/mol. The largest absolute Gasteiger partial charge is 0.355 e. The van der Waals surface area contributed by atoms with Crippen LogP contribution in [-0.2, 0) is 11.3 Å². The number of alkyl halides is 2. The summed E-state index contributed by atoms with van der Waals surface area (Å²) in [6, 6.07) is 8.00. The van der Waals surface area contributed by atoms with Crippen molar-refractivity contribution in [3.8, 4) is 0 Å². The van der Waals surface area contributed by atoms with Crippen LogP contribution < -0.4 is 5.32 Å². The number of amides is 1. The maximum atomic E-state index is 12.0. The summed E-state index contributed by atoms with van der Waals surface area (Å²) in [6.07, 6.45) is 3.18. The summed E-state index contributed by atoms with van der Waals surface area (Å²) < 4.78 is 1.19. The zero-order chi connectivity index (χ0) is 15.1. The number of aryl methyl sites for hydroxylation is 1. The minimum Gasteiger partial charge on any atom is -0.355 e. The van der Waals surface area contributed by atoms with Gasteiger partial charge in [0.2, 0.25) is 5.91 Å². The average Bonchev–Trinajstić information content (AvgIpc) is 2.82. The number of nitrogens with one attached hydrogen (secondary N) is 1. The van der Waals surface area contributed by atoms with Gasteiger partial charge in [-0.15, -0.1) is 23.2 Å². The van der Waals surface area contributed by atoms with Gasteiger partial charge in [-0.25, -0.2) is 4.98 Å². The topological polar surface area (TPSA) is 46.9 Å². The first kappa shape index (κ1) is 14.7. The fraction of sp³-hybridized carbons (Fsp3) is 0.467. The minimum atomic E-state index is -0.905. The molecule has 1 heterocycles. The zero-order valence-electron chi connectivity index (χ0n) is 11.8. The molecule has 1 fully saturated rings. The minimum absolute atomic E-state index is 0.0667. The van der Waals surface area contributed by atoms with E-state index in [1.807, 2.05) is 30.6 Å². The van der Waals surface area contributed by atoms with Crippen LogP contribution >= 0.6 is 23.2 Å². The van der Waals surface area contributed by atoms with Crippen LogP contribution in [0.15, 0.2) is 30.6 Å². The quantitative estimate of drug-likeness (QED) is 0.678. The molecule has 1 aliphatic carbocycles. The Morgan fingerprint density at radius 1 is 1.43 bits per heavy atom. The number of carbonyl (C=O) groups excluding carboxylic acids is 1. The van der Waals surface area contributed by atoms with Gasteiger partial charge >= 0.3 is 0 Å². The number of carbonyl (C=O) groups is 1. The Kier molecular flexibility index (Phi) is 3.62. The average molecular weight is 326 g/mol. The number of para-hydroxylation sites is 2. The second kappa shape index (κ2) is 5.18. The first-order chi connectivity index (χ1) is 9.94. The lowest BCUT2D eigenvalue weighted by atomic mass is 10.1.